The second-order valence-corrected chi connectivity index (χ2v) is 5.56. The number of aliphatic hydroxyl groups excluding tert-OH is 1. The van der Waals surface area contributed by atoms with Gasteiger partial charge in [0.1, 0.15) is 0 Å². The van der Waals surface area contributed by atoms with Crippen molar-refractivity contribution in [2.24, 2.45) is 0 Å². The van der Waals surface area contributed by atoms with E-state index in [2.05, 4.69) is 37.6 Å². The van der Waals surface area contributed by atoms with Crippen LogP contribution in [0, 0.1) is 0 Å². The van der Waals surface area contributed by atoms with E-state index in [1.807, 2.05) is 0 Å². The summed E-state index contributed by atoms with van der Waals surface area (Å²) in [6, 6.07) is 2.11. The minimum Gasteiger partial charge on any atom is -0.388 e. The van der Waals surface area contributed by atoms with Crippen molar-refractivity contribution in [3.63, 3.8) is 0 Å². The molecule has 2 rings (SSSR count). The first kappa shape index (κ1) is 11.7. The number of aromatic nitrogens is 1. The highest BCUT2D eigenvalue weighted by atomic mass is 16.3. The first-order valence-electron chi connectivity index (χ1n) is 6.45. The summed E-state index contributed by atoms with van der Waals surface area (Å²) >= 11 is 0. The lowest BCUT2D eigenvalue weighted by Gasteiger charge is -2.31. The van der Waals surface area contributed by atoms with Crippen LogP contribution in [0.2, 0.25) is 0 Å². The molecule has 1 aliphatic rings. The Kier molecular flexibility index (Phi) is 3.11. The van der Waals surface area contributed by atoms with Gasteiger partial charge in [-0.05, 0) is 45.6 Å². The van der Waals surface area contributed by atoms with Gasteiger partial charge in [0, 0.05) is 23.0 Å². The summed E-state index contributed by atoms with van der Waals surface area (Å²) in [7, 11) is 0. The highest BCUT2D eigenvalue weighted by Crippen LogP contribution is 2.34. The van der Waals surface area contributed by atoms with E-state index in [1.54, 1.807) is 0 Å². The van der Waals surface area contributed by atoms with Crippen LogP contribution in [0.4, 0.5) is 0 Å². The standard InChI is InChI=1S/C14H23NO/c1-4-9-14(2,3)15-10-8-11-12(15)6-5-7-13(11)16/h8,10,13,16H,4-7,9H2,1-3H3. The Morgan fingerprint density at radius 1 is 1.50 bits per heavy atom. The molecule has 1 aliphatic carbocycles. The van der Waals surface area contributed by atoms with Gasteiger partial charge in [-0.2, -0.15) is 0 Å². The lowest BCUT2D eigenvalue weighted by atomic mass is 9.93. The minimum atomic E-state index is -0.234. The van der Waals surface area contributed by atoms with Gasteiger partial charge in [0.25, 0.3) is 0 Å². The molecule has 1 aromatic rings. The monoisotopic (exact) mass is 221 g/mol. The van der Waals surface area contributed by atoms with Gasteiger partial charge in [0.05, 0.1) is 6.10 Å². The topological polar surface area (TPSA) is 25.2 Å². The maximum Gasteiger partial charge on any atom is 0.0807 e. The van der Waals surface area contributed by atoms with Crippen molar-refractivity contribution in [1.82, 2.24) is 4.57 Å². The Bertz CT molecular complexity index is 365. The van der Waals surface area contributed by atoms with Crippen molar-refractivity contribution in [1.29, 1.82) is 0 Å². The van der Waals surface area contributed by atoms with E-state index in [0.29, 0.717) is 0 Å². The van der Waals surface area contributed by atoms with Crippen molar-refractivity contribution in [3.8, 4) is 0 Å². The molecule has 0 fully saturated rings. The average Bonchev–Trinajstić information content (AvgIpc) is 2.63. The van der Waals surface area contributed by atoms with E-state index in [4.69, 9.17) is 0 Å². The van der Waals surface area contributed by atoms with Crippen molar-refractivity contribution in [3.05, 3.63) is 23.5 Å². The third-order valence-corrected chi connectivity index (χ3v) is 3.79. The van der Waals surface area contributed by atoms with Crippen LogP contribution < -0.4 is 0 Å². The second-order valence-electron chi connectivity index (χ2n) is 5.56. The van der Waals surface area contributed by atoms with Gasteiger partial charge in [-0.25, -0.2) is 0 Å². The zero-order valence-electron chi connectivity index (χ0n) is 10.7. The molecular weight excluding hydrogens is 198 g/mol. The third-order valence-electron chi connectivity index (χ3n) is 3.79. The van der Waals surface area contributed by atoms with Gasteiger partial charge >= 0.3 is 0 Å². The summed E-state index contributed by atoms with van der Waals surface area (Å²) in [5.74, 6) is 0. The zero-order chi connectivity index (χ0) is 11.8. The molecule has 1 unspecified atom stereocenters. The molecule has 1 N–H and O–H groups in total. The summed E-state index contributed by atoms with van der Waals surface area (Å²) in [5, 5.41) is 9.96. The van der Waals surface area contributed by atoms with Gasteiger partial charge in [0.15, 0.2) is 0 Å². The molecular formula is C14H23NO. The van der Waals surface area contributed by atoms with Crippen LogP contribution >= 0.6 is 0 Å². The van der Waals surface area contributed by atoms with Crippen molar-refractivity contribution in [2.45, 2.75) is 64.5 Å². The van der Waals surface area contributed by atoms with Crippen LogP contribution in [0.25, 0.3) is 0 Å². The van der Waals surface area contributed by atoms with Gasteiger partial charge in [-0.3, -0.25) is 0 Å². The molecule has 0 saturated heterocycles. The third kappa shape index (κ3) is 1.91. The Labute approximate surface area is 98.3 Å². The Balaban J connectivity index is 2.36. The number of hydrogen-bond acceptors (Lipinski definition) is 1. The maximum absolute atomic E-state index is 9.96. The largest absolute Gasteiger partial charge is 0.388 e. The minimum absolute atomic E-state index is 0.180. The molecule has 0 aliphatic heterocycles. The predicted octanol–water partition coefficient (Wildman–Crippen LogP) is 3.39. The fourth-order valence-electron chi connectivity index (χ4n) is 2.97. The fourth-order valence-corrected chi connectivity index (χ4v) is 2.97. The summed E-state index contributed by atoms with van der Waals surface area (Å²) in [4.78, 5) is 0. The Morgan fingerprint density at radius 3 is 2.94 bits per heavy atom. The number of fused-ring (bicyclic) bond motifs is 1. The molecule has 0 aromatic carbocycles. The zero-order valence-corrected chi connectivity index (χ0v) is 10.7. The molecule has 0 radical (unpaired) electrons. The van der Waals surface area contributed by atoms with E-state index < -0.39 is 0 Å². The molecule has 2 heteroatoms. The molecule has 90 valence electrons. The van der Waals surface area contributed by atoms with Crippen LogP contribution in [0.3, 0.4) is 0 Å². The predicted molar refractivity (Wildman–Crippen MR) is 66.6 cm³/mol. The van der Waals surface area contributed by atoms with Gasteiger partial charge in [-0.1, -0.05) is 13.3 Å². The Hall–Kier alpha value is -0.760. The molecule has 0 saturated carbocycles. The molecule has 1 heterocycles. The molecule has 1 aromatic heterocycles. The Morgan fingerprint density at radius 2 is 2.25 bits per heavy atom. The molecule has 0 amide bonds. The van der Waals surface area contributed by atoms with Gasteiger partial charge in [-0.15, -0.1) is 0 Å². The number of aliphatic hydroxyl groups is 1. The molecule has 0 spiro atoms. The fraction of sp³-hybridized carbons (Fsp3) is 0.714. The number of rotatable bonds is 3. The quantitative estimate of drug-likeness (QED) is 0.831. The van der Waals surface area contributed by atoms with Gasteiger partial charge in [0.2, 0.25) is 0 Å². The SMILES string of the molecule is CCCC(C)(C)n1ccc2c1CCCC2O. The van der Waals surface area contributed by atoms with E-state index in [9.17, 15) is 5.11 Å². The van der Waals surface area contributed by atoms with Crippen molar-refractivity contribution < 1.29 is 5.11 Å². The number of hydrogen-bond donors (Lipinski definition) is 1. The molecule has 16 heavy (non-hydrogen) atoms. The first-order chi connectivity index (χ1) is 7.56. The van der Waals surface area contributed by atoms with Crippen LogP contribution in [-0.4, -0.2) is 9.67 Å². The lowest BCUT2D eigenvalue weighted by molar-refractivity contribution is 0.154. The second kappa shape index (κ2) is 4.25. The normalized spacial score (nSPS) is 20.9. The smallest absolute Gasteiger partial charge is 0.0807 e. The summed E-state index contributed by atoms with van der Waals surface area (Å²) < 4.78 is 2.38. The maximum atomic E-state index is 9.96. The van der Waals surface area contributed by atoms with Crippen LogP contribution in [0.5, 0.6) is 0 Å². The van der Waals surface area contributed by atoms with E-state index in [-0.39, 0.29) is 11.6 Å². The highest BCUT2D eigenvalue weighted by Gasteiger charge is 2.27. The highest BCUT2D eigenvalue weighted by molar-refractivity contribution is 5.28. The van der Waals surface area contributed by atoms with Crippen molar-refractivity contribution >= 4 is 0 Å². The average molecular weight is 221 g/mol. The van der Waals surface area contributed by atoms with Crippen LogP contribution in [0.1, 0.15) is 63.8 Å². The van der Waals surface area contributed by atoms with Crippen LogP contribution in [-0.2, 0) is 12.0 Å². The van der Waals surface area contributed by atoms with E-state index in [1.165, 1.54) is 18.5 Å². The summed E-state index contributed by atoms with van der Waals surface area (Å²) in [6.45, 7) is 6.81. The van der Waals surface area contributed by atoms with Crippen molar-refractivity contribution in [2.75, 3.05) is 0 Å². The van der Waals surface area contributed by atoms with Gasteiger partial charge < -0.3 is 9.67 Å². The molecule has 0 bridgehead atoms. The van der Waals surface area contributed by atoms with E-state index >= 15 is 0 Å². The van der Waals surface area contributed by atoms with E-state index in [0.717, 1.165) is 24.8 Å². The first-order valence-corrected chi connectivity index (χ1v) is 6.45. The summed E-state index contributed by atoms with van der Waals surface area (Å²) in [5.41, 5.74) is 2.70. The summed E-state index contributed by atoms with van der Waals surface area (Å²) in [6.07, 6.45) is 7.46. The molecule has 2 nitrogen and oxygen atoms in total. The lowest BCUT2D eigenvalue weighted by Crippen LogP contribution is -2.28. The number of nitrogens with zero attached hydrogens (tertiary/aromatic N) is 1. The molecule has 1 atom stereocenters. The van der Waals surface area contributed by atoms with Crippen LogP contribution in [0.15, 0.2) is 12.3 Å².